The van der Waals surface area contributed by atoms with Gasteiger partial charge in [0.2, 0.25) is 5.91 Å². The second-order valence-corrected chi connectivity index (χ2v) is 5.97. The van der Waals surface area contributed by atoms with E-state index in [-0.39, 0.29) is 11.9 Å². The summed E-state index contributed by atoms with van der Waals surface area (Å²) in [5, 5.41) is 3.11. The van der Waals surface area contributed by atoms with Crippen LogP contribution in [0.2, 0.25) is 0 Å². The molecular weight excluding hydrogens is 266 g/mol. The smallest absolute Gasteiger partial charge is 0.240 e. The van der Waals surface area contributed by atoms with Crippen molar-refractivity contribution < 1.29 is 9.53 Å². The first-order valence-electron chi connectivity index (χ1n) is 7.38. The lowest BCUT2D eigenvalue weighted by Gasteiger charge is -2.34. The maximum absolute atomic E-state index is 12.6. The van der Waals surface area contributed by atoms with Crippen LogP contribution >= 0.6 is 0 Å². The predicted molar refractivity (Wildman–Crippen MR) is 82.9 cm³/mol. The molecule has 116 valence electrons. The van der Waals surface area contributed by atoms with Gasteiger partial charge in [0.05, 0.1) is 11.6 Å². The molecule has 1 atom stereocenters. The maximum atomic E-state index is 12.6. The van der Waals surface area contributed by atoms with Crippen LogP contribution in [0, 0.1) is 0 Å². The summed E-state index contributed by atoms with van der Waals surface area (Å²) >= 11 is 0. The second kappa shape index (κ2) is 7.02. The van der Waals surface area contributed by atoms with Gasteiger partial charge in [0.15, 0.2) is 0 Å². The highest BCUT2D eigenvalue weighted by Gasteiger charge is 2.37. The minimum atomic E-state index is -0.808. The van der Waals surface area contributed by atoms with E-state index >= 15 is 0 Å². The molecule has 5 nitrogen and oxygen atoms in total. The number of benzene rings is 1. The zero-order chi connectivity index (χ0) is 15.3. The molecule has 1 amide bonds. The van der Waals surface area contributed by atoms with Crippen molar-refractivity contribution in [1.82, 2.24) is 10.2 Å². The lowest BCUT2D eigenvalue weighted by molar-refractivity contribution is -0.130. The standard InChI is InChI=1S/C16H25N3O2/c1-19(2)12-14(13-6-4-3-5-7-13)18-15(20)16(17)8-10-21-11-9-16/h3-7,14H,8-12,17H2,1-2H3,(H,18,20). The first kappa shape index (κ1) is 15.9. The van der Waals surface area contributed by atoms with Crippen LogP contribution in [-0.2, 0) is 9.53 Å². The third kappa shape index (κ3) is 4.27. The van der Waals surface area contributed by atoms with Gasteiger partial charge < -0.3 is 20.7 Å². The monoisotopic (exact) mass is 291 g/mol. The first-order valence-corrected chi connectivity index (χ1v) is 7.38. The number of nitrogens with one attached hydrogen (secondary N) is 1. The van der Waals surface area contributed by atoms with Crippen molar-refractivity contribution in [3.8, 4) is 0 Å². The molecule has 5 heteroatoms. The number of nitrogens with zero attached hydrogens (tertiary/aromatic N) is 1. The molecule has 21 heavy (non-hydrogen) atoms. The van der Waals surface area contributed by atoms with E-state index in [1.54, 1.807) is 0 Å². The fourth-order valence-electron chi connectivity index (χ4n) is 2.55. The van der Waals surface area contributed by atoms with Crippen molar-refractivity contribution in [2.45, 2.75) is 24.4 Å². The molecule has 0 spiro atoms. The molecule has 0 aliphatic carbocycles. The predicted octanol–water partition coefficient (Wildman–Crippen LogP) is 0.913. The second-order valence-electron chi connectivity index (χ2n) is 5.97. The molecule has 1 aliphatic rings. The van der Waals surface area contributed by atoms with E-state index in [4.69, 9.17) is 10.5 Å². The van der Waals surface area contributed by atoms with Crippen LogP contribution in [0.3, 0.4) is 0 Å². The number of carbonyl (C=O) groups is 1. The van der Waals surface area contributed by atoms with E-state index in [9.17, 15) is 4.79 Å². The molecule has 1 heterocycles. The summed E-state index contributed by atoms with van der Waals surface area (Å²) in [6.45, 7) is 1.84. The topological polar surface area (TPSA) is 67.6 Å². The Morgan fingerprint density at radius 1 is 1.33 bits per heavy atom. The van der Waals surface area contributed by atoms with Crippen molar-refractivity contribution >= 4 is 5.91 Å². The van der Waals surface area contributed by atoms with Crippen LogP contribution in [0.15, 0.2) is 30.3 Å². The average molecular weight is 291 g/mol. The Kier molecular flexibility index (Phi) is 5.33. The normalized spacial score (nSPS) is 19.2. The molecule has 3 N–H and O–H groups in total. The van der Waals surface area contributed by atoms with Gasteiger partial charge in [0.25, 0.3) is 0 Å². The minimum Gasteiger partial charge on any atom is -0.381 e. The third-order valence-electron chi connectivity index (χ3n) is 3.89. The molecule has 0 bridgehead atoms. The highest BCUT2D eigenvalue weighted by atomic mass is 16.5. The quantitative estimate of drug-likeness (QED) is 0.846. The summed E-state index contributed by atoms with van der Waals surface area (Å²) in [5.74, 6) is -0.0819. The average Bonchev–Trinajstić information content (AvgIpc) is 2.47. The van der Waals surface area contributed by atoms with Gasteiger partial charge in [0.1, 0.15) is 0 Å². The Balaban J connectivity index is 2.09. The summed E-state index contributed by atoms with van der Waals surface area (Å²) in [4.78, 5) is 14.6. The van der Waals surface area contributed by atoms with Crippen LogP contribution < -0.4 is 11.1 Å². The minimum absolute atomic E-state index is 0.0584. The van der Waals surface area contributed by atoms with Gasteiger partial charge in [-0.05, 0) is 32.5 Å². The number of nitrogens with two attached hydrogens (primary N) is 1. The van der Waals surface area contributed by atoms with E-state index in [0.29, 0.717) is 26.1 Å². The maximum Gasteiger partial charge on any atom is 0.240 e. The zero-order valence-electron chi connectivity index (χ0n) is 12.8. The Morgan fingerprint density at radius 2 is 1.95 bits per heavy atom. The van der Waals surface area contributed by atoms with Gasteiger partial charge in [-0.15, -0.1) is 0 Å². The van der Waals surface area contributed by atoms with Gasteiger partial charge in [-0.3, -0.25) is 4.79 Å². The van der Waals surface area contributed by atoms with E-state index in [1.807, 2.05) is 44.4 Å². The van der Waals surface area contributed by atoms with Crippen LogP contribution in [0.5, 0.6) is 0 Å². The van der Waals surface area contributed by atoms with E-state index in [2.05, 4.69) is 10.2 Å². The Morgan fingerprint density at radius 3 is 2.52 bits per heavy atom. The van der Waals surface area contributed by atoms with Crippen LogP contribution in [0.1, 0.15) is 24.4 Å². The van der Waals surface area contributed by atoms with E-state index in [1.165, 1.54) is 0 Å². The molecule has 1 unspecified atom stereocenters. The van der Waals surface area contributed by atoms with Gasteiger partial charge in [-0.25, -0.2) is 0 Å². The van der Waals surface area contributed by atoms with Crippen LogP contribution in [-0.4, -0.2) is 50.2 Å². The molecule has 0 aromatic heterocycles. The number of hydrogen-bond donors (Lipinski definition) is 2. The van der Waals surface area contributed by atoms with E-state index in [0.717, 1.165) is 12.1 Å². The zero-order valence-corrected chi connectivity index (χ0v) is 12.8. The summed E-state index contributed by atoms with van der Waals surface area (Å²) in [7, 11) is 3.99. The SMILES string of the molecule is CN(C)CC(NC(=O)C1(N)CCOCC1)c1ccccc1. The number of hydrogen-bond acceptors (Lipinski definition) is 4. The Bertz CT molecular complexity index is 456. The Hall–Kier alpha value is -1.43. The summed E-state index contributed by atoms with van der Waals surface area (Å²) in [5.41, 5.74) is 6.54. The summed E-state index contributed by atoms with van der Waals surface area (Å²) in [6.07, 6.45) is 1.14. The number of ether oxygens (including phenoxy) is 1. The molecule has 0 radical (unpaired) electrons. The van der Waals surface area contributed by atoms with Gasteiger partial charge in [-0.2, -0.15) is 0 Å². The highest BCUT2D eigenvalue weighted by molar-refractivity contribution is 5.86. The van der Waals surface area contributed by atoms with Crippen molar-refractivity contribution in [1.29, 1.82) is 0 Å². The number of rotatable bonds is 5. The fourth-order valence-corrected chi connectivity index (χ4v) is 2.55. The number of likely N-dealkylation sites (N-methyl/N-ethyl adjacent to an activating group) is 1. The largest absolute Gasteiger partial charge is 0.381 e. The summed E-state index contributed by atoms with van der Waals surface area (Å²) in [6, 6.07) is 9.94. The number of amides is 1. The molecule has 1 saturated heterocycles. The molecule has 1 aliphatic heterocycles. The lowest BCUT2D eigenvalue weighted by atomic mass is 9.89. The lowest BCUT2D eigenvalue weighted by Crippen LogP contribution is -2.58. The third-order valence-corrected chi connectivity index (χ3v) is 3.89. The van der Waals surface area contributed by atoms with Crippen LogP contribution in [0.25, 0.3) is 0 Å². The van der Waals surface area contributed by atoms with Crippen molar-refractivity contribution in [2.24, 2.45) is 5.73 Å². The van der Waals surface area contributed by atoms with Gasteiger partial charge >= 0.3 is 0 Å². The molecule has 1 fully saturated rings. The van der Waals surface area contributed by atoms with Crippen molar-refractivity contribution in [3.05, 3.63) is 35.9 Å². The highest BCUT2D eigenvalue weighted by Crippen LogP contribution is 2.20. The molecule has 0 saturated carbocycles. The van der Waals surface area contributed by atoms with E-state index < -0.39 is 5.54 Å². The van der Waals surface area contributed by atoms with Crippen LogP contribution in [0.4, 0.5) is 0 Å². The summed E-state index contributed by atoms with van der Waals surface area (Å²) < 4.78 is 5.30. The molecule has 2 rings (SSSR count). The first-order chi connectivity index (χ1) is 10.0. The molecular formula is C16H25N3O2. The van der Waals surface area contributed by atoms with Gasteiger partial charge in [-0.1, -0.05) is 30.3 Å². The number of carbonyl (C=O) groups excluding carboxylic acids is 1. The fraction of sp³-hybridized carbons (Fsp3) is 0.562. The van der Waals surface area contributed by atoms with Gasteiger partial charge in [0, 0.05) is 19.8 Å². The molecule has 1 aromatic carbocycles. The van der Waals surface area contributed by atoms with Crippen molar-refractivity contribution in [3.63, 3.8) is 0 Å². The molecule has 1 aromatic rings. The Labute approximate surface area is 126 Å². The van der Waals surface area contributed by atoms with Crippen molar-refractivity contribution in [2.75, 3.05) is 33.9 Å².